The lowest BCUT2D eigenvalue weighted by Gasteiger charge is -2.08. The standard InChI is InChI=1S/C15H10ClFN2O2/c16-11-1-2-13(14(19)6-11)15(20)21-8-10-3-9(7-18)4-12(17)5-10/h1-6H,8,19H2. The molecule has 0 saturated carbocycles. The Morgan fingerprint density at radius 2 is 2.10 bits per heavy atom. The first-order chi connectivity index (χ1) is 9.99. The highest BCUT2D eigenvalue weighted by Gasteiger charge is 2.12. The topological polar surface area (TPSA) is 76.1 Å². The summed E-state index contributed by atoms with van der Waals surface area (Å²) in [6.45, 7) is -0.159. The van der Waals surface area contributed by atoms with Gasteiger partial charge in [-0.1, -0.05) is 11.6 Å². The fourth-order valence-electron chi connectivity index (χ4n) is 1.74. The molecule has 106 valence electrons. The maximum Gasteiger partial charge on any atom is 0.340 e. The van der Waals surface area contributed by atoms with E-state index in [0.717, 1.165) is 6.07 Å². The molecular formula is C15H10ClFN2O2. The van der Waals surface area contributed by atoms with Crippen molar-refractivity contribution < 1.29 is 13.9 Å². The van der Waals surface area contributed by atoms with E-state index in [1.165, 1.54) is 30.3 Å². The Balaban J connectivity index is 2.11. The van der Waals surface area contributed by atoms with Crippen molar-refractivity contribution in [1.82, 2.24) is 0 Å². The Kier molecular flexibility index (Phi) is 4.41. The number of nitrogen functional groups attached to an aromatic ring is 1. The summed E-state index contributed by atoms with van der Waals surface area (Å²) in [7, 11) is 0. The first-order valence-corrected chi connectivity index (χ1v) is 6.29. The van der Waals surface area contributed by atoms with Crippen LogP contribution >= 0.6 is 11.6 Å². The summed E-state index contributed by atoms with van der Waals surface area (Å²) < 4.78 is 18.3. The van der Waals surface area contributed by atoms with Gasteiger partial charge in [0.05, 0.1) is 17.2 Å². The van der Waals surface area contributed by atoms with Crippen LogP contribution in [0.3, 0.4) is 0 Å². The highest BCUT2D eigenvalue weighted by molar-refractivity contribution is 6.31. The van der Waals surface area contributed by atoms with E-state index in [1.807, 2.05) is 6.07 Å². The zero-order chi connectivity index (χ0) is 15.4. The Labute approximate surface area is 125 Å². The van der Waals surface area contributed by atoms with Crippen molar-refractivity contribution in [2.24, 2.45) is 0 Å². The van der Waals surface area contributed by atoms with Gasteiger partial charge < -0.3 is 10.5 Å². The number of carbonyl (C=O) groups excluding carboxylic acids is 1. The number of hydrogen-bond acceptors (Lipinski definition) is 4. The summed E-state index contributed by atoms with van der Waals surface area (Å²) in [5, 5.41) is 9.16. The summed E-state index contributed by atoms with van der Waals surface area (Å²) >= 11 is 5.74. The van der Waals surface area contributed by atoms with Gasteiger partial charge in [-0.05, 0) is 42.0 Å². The summed E-state index contributed by atoms with van der Waals surface area (Å²) in [5.74, 6) is -1.21. The van der Waals surface area contributed by atoms with Gasteiger partial charge in [0.15, 0.2) is 0 Å². The molecule has 6 heteroatoms. The molecular weight excluding hydrogens is 295 g/mol. The zero-order valence-corrected chi connectivity index (χ0v) is 11.5. The third-order valence-electron chi connectivity index (χ3n) is 2.69. The molecule has 21 heavy (non-hydrogen) atoms. The Bertz CT molecular complexity index is 741. The third-order valence-corrected chi connectivity index (χ3v) is 2.93. The lowest BCUT2D eigenvalue weighted by atomic mass is 10.1. The molecule has 2 N–H and O–H groups in total. The normalized spacial score (nSPS) is 9.95. The third kappa shape index (κ3) is 3.71. The first kappa shape index (κ1) is 14.8. The molecule has 0 amide bonds. The van der Waals surface area contributed by atoms with Crippen LogP contribution in [0.5, 0.6) is 0 Å². The fraction of sp³-hybridized carbons (Fsp3) is 0.0667. The molecule has 0 aromatic heterocycles. The van der Waals surface area contributed by atoms with Crippen LogP contribution < -0.4 is 5.73 Å². The summed E-state index contributed by atoms with van der Waals surface area (Å²) in [5.41, 5.74) is 6.59. The summed E-state index contributed by atoms with van der Waals surface area (Å²) in [6, 6.07) is 9.97. The van der Waals surface area contributed by atoms with Crippen molar-refractivity contribution in [1.29, 1.82) is 5.26 Å². The molecule has 0 unspecified atom stereocenters. The van der Waals surface area contributed by atoms with Crippen LogP contribution in [0, 0.1) is 17.1 Å². The largest absolute Gasteiger partial charge is 0.457 e. The van der Waals surface area contributed by atoms with Gasteiger partial charge in [-0.2, -0.15) is 5.26 Å². The second-order valence-corrected chi connectivity index (χ2v) is 4.70. The van der Waals surface area contributed by atoms with Gasteiger partial charge in [0, 0.05) is 10.7 Å². The second-order valence-electron chi connectivity index (χ2n) is 4.27. The SMILES string of the molecule is N#Cc1cc(F)cc(COC(=O)c2ccc(Cl)cc2N)c1. The Hall–Kier alpha value is -2.58. The fourth-order valence-corrected chi connectivity index (χ4v) is 1.92. The number of carbonyl (C=O) groups is 1. The monoisotopic (exact) mass is 304 g/mol. The number of ether oxygens (including phenoxy) is 1. The molecule has 0 aliphatic rings. The van der Waals surface area contributed by atoms with Gasteiger partial charge in [0.25, 0.3) is 0 Å². The maximum atomic E-state index is 13.2. The smallest absolute Gasteiger partial charge is 0.340 e. The Morgan fingerprint density at radius 1 is 1.33 bits per heavy atom. The van der Waals surface area contributed by atoms with E-state index >= 15 is 0 Å². The Morgan fingerprint density at radius 3 is 2.76 bits per heavy atom. The molecule has 0 heterocycles. The van der Waals surface area contributed by atoms with Crippen LogP contribution in [0.25, 0.3) is 0 Å². The molecule has 0 radical (unpaired) electrons. The van der Waals surface area contributed by atoms with E-state index < -0.39 is 11.8 Å². The quantitative estimate of drug-likeness (QED) is 0.697. The molecule has 0 fully saturated rings. The minimum atomic E-state index is -0.646. The van der Waals surface area contributed by atoms with E-state index in [-0.39, 0.29) is 23.4 Å². The van der Waals surface area contributed by atoms with E-state index in [0.29, 0.717) is 10.6 Å². The van der Waals surface area contributed by atoms with E-state index in [2.05, 4.69) is 0 Å². The number of halogens is 2. The van der Waals surface area contributed by atoms with Gasteiger partial charge in [0.1, 0.15) is 12.4 Å². The van der Waals surface area contributed by atoms with Crippen molar-refractivity contribution in [3.63, 3.8) is 0 Å². The van der Waals surface area contributed by atoms with Crippen LogP contribution in [-0.2, 0) is 11.3 Å². The molecule has 2 aromatic carbocycles. The van der Waals surface area contributed by atoms with Crippen molar-refractivity contribution in [3.05, 3.63) is 63.9 Å². The molecule has 2 rings (SSSR count). The molecule has 0 aliphatic heterocycles. The number of esters is 1. The number of rotatable bonds is 3. The zero-order valence-electron chi connectivity index (χ0n) is 10.8. The summed E-state index contributed by atoms with van der Waals surface area (Å²) in [4.78, 5) is 11.9. The van der Waals surface area contributed by atoms with Crippen LogP contribution in [0.1, 0.15) is 21.5 Å². The van der Waals surface area contributed by atoms with Crippen LogP contribution in [0.15, 0.2) is 36.4 Å². The van der Waals surface area contributed by atoms with Crippen LogP contribution in [0.4, 0.5) is 10.1 Å². The van der Waals surface area contributed by atoms with Gasteiger partial charge in [-0.25, -0.2) is 9.18 Å². The van der Waals surface area contributed by atoms with Crippen molar-refractivity contribution in [2.75, 3.05) is 5.73 Å². The predicted octanol–water partition coefficient (Wildman–Crippen LogP) is 3.29. The number of benzene rings is 2. The van der Waals surface area contributed by atoms with Crippen LogP contribution in [-0.4, -0.2) is 5.97 Å². The molecule has 2 aromatic rings. The van der Waals surface area contributed by atoms with Gasteiger partial charge in [-0.3, -0.25) is 0 Å². The highest BCUT2D eigenvalue weighted by Crippen LogP contribution is 2.19. The molecule has 4 nitrogen and oxygen atoms in total. The van der Waals surface area contributed by atoms with Crippen molar-refractivity contribution >= 4 is 23.3 Å². The van der Waals surface area contributed by atoms with Gasteiger partial charge >= 0.3 is 5.97 Å². The van der Waals surface area contributed by atoms with Crippen LogP contribution in [0.2, 0.25) is 5.02 Å². The van der Waals surface area contributed by atoms with Gasteiger partial charge in [-0.15, -0.1) is 0 Å². The predicted molar refractivity (Wildman–Crippen MR) is 76.1 cm³/mol. The maximum absolute atomic E-state index is 13.2. The van der Waals surface area contributed by atoms with E-state index in [1.54, 1.807) is 0 Å². The number of anilines is 1. The van der Waals surface area contributed by atoms with E-state index in [9.17, 15) is 9.18 Å². The summed E-state index contributed by atoms with van der Waals surface area (Å²) in [6.07, 6.45) is 0. The average molecular weight is 305 g/mol. The molecule has 0 bridgehead atoms. The number of nitrogens with two attached hydrogens (primary N) is 1. The van der Waals surface area contributed by atoms with E-state index in [4.69, 9.17) is 27.3 Å². The lowest BCUT2D eigenvalue weighted by molar-refractivity contribution is 0.0473. The molecule has 0 saturated heterocycles. The molecule has 0 atom stereocenters. The minimum absolute atomic E-state index is 0.159. The molecule has 0 aliphatic carbocycles. The average Bonchev–Trinajstić information content (AvgIpc) is 2.44. The lowest BCUT2D eigenvalue weighted by Crippen LogP contribution is -2.08. The van der Waals surface area contributed by atoms with Crippen molar-refractivity contribution in [3.8, 4) is 6.07 Å². The second kappa shape index (κ2) is 6.25. The van der Waals surface area contributed by atoms with Gasteiger partial charge in [0.2, 0.25) is 0 Å². The number of hydrogen-bond donors (Lipinski definition) is 1. The van der Waals surface area contributed by atoms with Crippen molar-refractivity contribution in [2.45, 2.75) is 6.61 Å². The number of nitriles is 1. The highest BCUT2D eigenvalue weighted by atomic mass is 35.5. The number of nitrogens with zero attached hydrogens (tertiary/aromatic N) is 1. The first-order valence-electron chi connectivity index (χ1n) is 5.91. The minimum Gasteiger partial charge on any atom is -0.457 e. The molecule has 0 spiro atoms.